The summed E-state index contributed by atoms with van der Waals surface area (Å²) in [5.41, 5.74) is 6.09. The molecule has 0 bridgehead atoms. The summed E-state index contributed by atoms with van der Waals surface area (Å²) < 4.78 is 5.17. The smallest absolute Gasteiger partial charge is 0.250 e. The van der Waals surface area contributed by atoms with Gasteiger partial charge in [0.25, 0.3) is 0 Å². The average molecular weight is 298 g/mol. The Labute approximate surface area is 118 Å². The highest BCUT2D eigenvalue weighted by Crippen LogP contribution is 2.29. The number of aliphatic hydroxyl groups is 1. The number of benzene rings is 1. The molecule has 1 fully saturated rings. The first-order valence-electron chi connectivity index (χ1n) is 6.46. The fourth-order valence-electron chi connectivity index (χ4n) is 2.38. The van der Waals surface area contributed by atoms with Crippen LogP contribution < -0.4 is 10.8 Å². The normalized spacial score (nSPS) is 25.4. The molecule has 0 amide bonds. The van der Waals surface area contributed by atoms with Gasteiger partial charge in [-0.05, 0) is 18.5 Å². The maximum absolute atomic E-state index is 12.1. The van der Waals surface area contributed by atoms with Gasteiger partial charge < -0.3 is 19.8 Å². The minimum absolute atomic E-state index is 0.170. The van der Waals surface area contributed by atoms with Gasteiger partial charge in [0.05, 0.1) is 12.1 Å². The fourth-order valence-corrected chi connectivity index (χ4v) is 2.89. The molecule has 1 saturated heterocycles. The van der Waals surface area contributed by atoms with Gasteiger partial charge in [-0.1, -0.05) is 30.3 Å². The lowest BCUT2D eigenvalue weighted by Crippen LogP contribution is -2.47. The minimum Gasteiger partial charge on any atom is -0.384 e. The van der Waals surface area contributed by atoms with E-state index in [0.29, 0.717) is 13.0 Å². The lowest BCUT2D eigenvalue weighted by Gasteiger charge is -2.24. The molecule has 4 atom stereocenters. The van der Waals surface area contributed by atoms with E-state index in [1.54, 1.807) is 0 Å². The summed E-state index contributed by atoms with van der Waals surface area (Å²) in [6, 6.07) is 8.73. The van der Waals surface area contributed by atoms with Crippen LogP contribution in [0, 0.1) is 0 Å². The second-order valence-electron chi connectivity index (χ2n) is 4.79. The van der Waals surface area contributed by atoms with E-state index in [1.807, 2.05) is 30.3 Å². The van der Waals surface area contributed by atoms with Crippen molar-refractivity contribution in [3.8, 4) is 0 Å². The highest BCUT2D eigenvalue weighted by Gasteiger charge is 2.37. The monoisotopic (exact) mass is 298 g/mol. The summed E-state index contributed by atoms with van der Waals surface area (Å²) in [5.74, 6) is -0.275. The van der Waals surface area contributed by atoms with E-state index >= 15 is 0 Å². The van der Waals surface area contributed by atoms with Gasteiger partial charge in [0.2, 0.25) is 8.53 Å². The van der Waals surface area contributed by atoms with E-state index < -0.39 is 26.8 Å². The SMILES string of the molecule is NP(O)OC1CCN[C@@H]1C(O)C(=O)Cc1ccccc1. The van der Waals surface area contributed by atoms with Crippen LogP contribution in [0.25, 0.3) is 0 Å². The Morgan fingerprint density at radius 3 is 2.85 bits per heavy atom. The van der Waals surface area contributed by atoms with E-state index in [-0.39, 0.29) is 12.2 Å². The molecule has 110 valence electrons. The molecule has 0 aliphatic carbocycles. The maximum Gasteiger partial charge on any atom is 0.250 e. The number of carbonyl (C=O) groups excluding carboxylic acids is 1. The molecular formula is C13H19N2O4P. The Hall–Kier alpha value is -0.880. The molecule has 0 spiro atoms. The van der Waals surface area contributed by atoms with E-state index in [9.17, 15) is 9.90 Å². The molecular weight excluding hydrogens is 279 g/mol. The summed E-state index contributed by atoms with van der Waals surface area (Å²) in [6.45, 7) is 0.619. The number of hydrogen-bond acceptors (Lipinski definition) is 6. The predicted octanol–water partition coefficient (Wildman–Crippen LogP) is 0.0841. The number of hydrogen-bond donors (Lipinski definition) is 4. The van der Waals surface area contributed by atoms with Gasteiger partial charge in [0.15, 0.2) is 5.78 Å². The summed E-state index contributed by atoms with van der Waals surface area (Å²) in [6.07, 6.45) is -0.830. The molecule has 7 heteroatoms. The molecule has 0 aromatic heterocycles. The van der Waals surface area contributed by atoms with Crippen LogP contribution in [0.5, 0.6) is 0 Å². The number of carbonyl (C=O) groups is 1. The number of rotatable bonds is 6. The molecule has 1 aromatic rings. The van der Waals surface area contributed by atoms with Gasteiger partial charge in [-0.25, -0.2) is 0 Å². The summed E-state index contributed by atoms with van der Waals surface area (Å²) in [5, 5.41) is 13.2. The van der Waals surface area contributed by atoms with E-state index in [2.05, 4.69) is 5.32 Å². The molecule has 1 aliphatic heterocycles. The molecule has 1 heterocycles. The largest absolute Gasteiger partial charge is 0.384 e. The molecule has 5 N–H and O–H groups in total. The van der Waals surface area contributed by atoms with Crippen molar-refractivity contribution in [1.82, 2.24) is 5.32 Å². The van der Waals surface area contributed by atoms with Crippen molar-refractivity contribution in [2.75, 3.05) is 6.54 Å². The maximum atomic E-state index is 12.1. The number of nitrogens with two attached hydrogens (primary N) is 1. The Morgan fingerprint density at radius 2 is 2.20 bits per heavy atom. The molecule has 3 unspecified atom stereocenters. The summed E-state index contributed by atoms with van der Waals surface area (Å²) >= 11 is 0. The van der Waals surface area contributed by atoms with E-state index in [0.717, 1.165) is 5.56 Å². The van der Waals surface area contributed by atoms with Crippen LogP contribution >= 0.6 is 8.53 Å². The van der Waals surface area contributed by atoms with Crippen LogP contribution in [0.15, 0.2) is 30.3 Å². The highest BCUT2D eigenvalue weighted by atomic mass is 31.2. The van der Waals surface area contributed by atoms with Crippen LogP contribution in [0.4, 0.5) is 0 Å². The van der Waals surface area contributed by atoms with Crippen molar-refractivity contribution in [1.29, 1.82) is 0 Å². The topological polar surface area (TPSA) is 105 Å². The molecule has 0 radical (unpaired) electrons. The third-order valence-electron chi connectivity index (χ3n) is 3.34. The first-order valence-corrected chi connectivity index (χ1v) is 7.74. The third-order valence-corrected chi connectivity index (χ3v) is 3.83. The Morgan fingerprint density at radius 1 is 1.50 bits per heavy atom. The van der Waals surface area contributed by atoms with Gasteiger partial charge >= 0.3 is 0 Å². The number of Topliss-reactive ketones (excluding diaryl/α,β-unsaturated/α-hetero) is 1. The predicted molar refractivity (Wildman–Crippen MR) is 75.8 cm³/mol. The Bertz CT molecular complexity index is 443. The zero-order chi connectivity index (χ0) is 14.5. The average Bonchev–Trinajstić information content (AvgIpc) is 2.86. The summed E-state index contributed by atoms with van der Waals surface area (Å²) in [7, 11) is -1.99. The van der Waals surface area contributed by atoms with Crippen molar-refractivity contribution < 1.29 is 19.3 Å². The fraction of sp³-hybridized carbons (Fsp3) is 0.462. The van der Waals surface area contributed by atoms with E-state index in [1.165, 1.54) is 0 Å². The molecule has 1 aromatic carbocycles. The molecule has 6 nitrogen and oxygen atoms in total. The van der Waals surface area contributed by atoms with Crippen molar-refractivity contribution >= 4 is 14.3 Å². The van der Waals surface area contributed by atoms with Gasteiger partial charge in [-0.3, -0.25) is 10.3 Å². The first-order chi connectivity index (χ1) is 9.58. The van der Waals surface area contributed by atoms with Crippen LogP contribution in [0.1, 0.15) is 12.0 Å². The molecule has 2 rings (SSSR count). The highest BCUT2D eigenvalue weighted by molar-refractivity contribution is 7.43. The minimum atomic E-state index is -1.99. The van der Waals surface area contributed by atoms with Gasteiger partial charge in [-0.15, -0.1) is 0 Å². The van der Waals surface area contributed by atoms with Crippen LogP contribution in [-0.4, -0.2) is 40.6 Å². The van der Waals surface area contributed by atoms with Crippen molar-refractivity contribution in [3.63, 3.8) is 0 Å². The second-order valence-corrected chi connectivity index (χ2v) is 5.60. The Kier molecular flexibility index (Phi) is 5.60. The van der Waals surface area contributed by atoms with Crippen molar-refractivity contribution in [2.45, 2.75) is 31.1 Å². The van der Waals surface area contributed by atoms with Crippen LogP contribution in [0.2, 0.25) is 0 Å². The van der Waals surface area contributed by atoms with Crippen molar-refractivity contribution in [2.24, 2.45) is 5.50 Å². The summed E-state index contributed by atoms with van der Waals surface area (Å²) in [4.78, 5) is 21.2. The third kappa shape index (κ3) is 4.06. The molecule has 20 heavy (non-hydrogen) atoms. The molecule has 1 aliphatic rings. The van der Waals surface area contributed by atoms with Gasteiger partial charge in [0.1, 0.15) is 6.10 Å². The lowest BCUT2D eigenvalue weighted by atomic mass is 9.98. The number of aliphatic hydroxyl groups excluding tert-OH is 1. The van der Waals surface area contributed by atoms with Crippen molar-refractivity contribution in [3.05, 3.63) is 35.9 Å². The second kappa shape index (κ2) is 7.22. The van der Waals surface area contributed by atoms with Gasteiger partial charge in [0, 0.05) is 6.42 Å². The number of ketones is 1. The van der Waals surface area contributed by atoms with Crippen LogP contribution in [0.3, 0.4) is 0 Å². The first kappa shape index (κ1) is 15.5. The van der Waals surface area contributed by atoms with Crippen LogP contribution in [-0.2, 0) is 15.7 Å². The standard InChI is InChI=1S/C13H19N2O4P/c14-20(18)19-11-6-7-15-12(11)13(17)10(16)8-9-4-2-1-3-5-9/h1-5,11-13,15,17-18H,6-8,14H2/t11?,12-,13?,20?/m0/s1. The zero-order valence-electron chi connectivity index (χ0n) is 11.0. The van der Waals surface area contributed by atoms with E-state index in [4.69, 9.17) is 14.9 Å². The lowest BCUT2D eigenvalue weighted by molar-refractivity contribution is -0.128. The van der Waals surface area contributed by atoms with Gasteiger partial charge in [-0.2, -0.15) is 0 Å². The zero-order valence-corrected chi connectivity index (χ0v) is 11.9. The molecule has 0 saturated carbocycles. The quantitative estimate of drug-likeness (QED) is 0.555. The Balaban J connectivity index is 1.95. The number of nitrogens with one attached hydrogen (secondary N) is 1.